The first-order chi connectivity index (χ1) is 9.95. The molecule has 1 unspecified atom stereocenters. The van der Waals surface area contributed by atoms with Crippen molar-refractivity contribution in [3.63, 3.8) is 0 Å². The highest BCUT2D eigenvalue weighted by Gasteiger charge is 2.24. The van der Waals surface area contributed by atoms with Gasteiger partial charge in [0.2, 0.25) is 0 Å². The van der Waals surface area contributed by atoms with E-state index in [9.17, 15) is 13.2 Å². The van der Waals surface area contributed by atoms with E-state index in [0.717, 1.165) is 0 Å². The predicted molar refractivity (Wildman–Crippen MR) is 80.7 cm³/mol. The van der Waals surface area contributed by atoms with Crippen LogP contribution in [0.25, 0.3) is 0 Å². The van der Waals surface area contributed by atoms with E-state index in [-0.39, 0.29) is 5.56 Å². The van der Waals surface area contributed by atoms with Gasteiger partial charge in [0.1, 0.15) is 17.5 Å². The van der Waals surface area contributed by atoms with E-state index in [1.54, 1.807) is 6.92 Å². The second-order valence-corrected chi connectivity index (χ2v) is 5.60. The molecule has 0 saturated heterocycles. The Morgan fingerprint density at radius 2 is 1.86 bits per heavy atom. The Bertz CT molecular complexity index is 658. The molecule has 2 aromatic carbocycles. The average molecular weight is 358 g/mol. The van der Waals surface area contributed by atoms with Gasteiger partial charge >= 0.3 is 0 Å². The third-order valence-electron chi connectivity index (χ3n) is 3.29. The van der Waals surface area contributed by atoms with E-state index in [1.807, 2.05) is 6.92 Å². The standard InChI is InChI=1S/C16H15BrF3N/c1-3-21-16(11-6-5-10(18)8-12(11)17)14-13(19)7-4-9(2)15(14)20/h4-8,16,21H,3H2,1-2H3. The molecule has 0 amide bonds. The van der Waals surface area contributed by atoms with Crippen LogP contribution >= 0.6 is 15.9 Å². The van der Waals surface area contributed by atoms with Gasteiger partial charge in [0.15, 0.2) is 0 Å². The molecule has 0 heterocycles. The molecule has 1 atom stereocenters. The highest BCUT2D eigenvalue weighted by atomic mass is 79.9. The molecular weight excluding hydrogens is 343 g/mol. The fourth-order valence-corrected chi connectivity index (χ4v) is 2.83. The number of nitrogens with one attached hydrogen (secondary N) is 1. The second-order valence-electron chi connectivity index (χ2n) is 4.75. The molecule has 0 spiro atoms. The van der Waals surface area contributed by atoms with Crippen LogP contribution in [-0.4, -0.2) is 6.54 Å². The molecule has 0 radical (unpaired) electrons. The Labute approximate surface area is 130 Å². The summed E-state index contributed by atoms with van der Waals surface area (Å²) in [6.07, 6.45) is 0. The molecule has 0 saturated carbocycles. The molecule has 0 aromatic heterocycles. The van der Waals surface area contributed by atoms with Gasteiger partial charge in [-0.2, -0.15) is 0 Å². The first-order valence-electron chi connectivity index (χ1n) is 6.58. The molecule has 5 heteroatoms. The molecule has 0 aliphatic carbocycles. The third-order valence-corrected chi connectivity index (χ3v) is 3.98. The molecule has 2 rings (SSSR count). The van der Waals surface area contributed by atoms with Crippen molar-refractivity contribution >= 4 is 15.9 Å². The van der Waals surface area contributed by atoms with Crippen molar-refractivity contribution in [2.45, 2.75) is 19.9 Å². The quantitative estimate of drug-likeness (QED) is 0.822. The van der Waals surface area contributed by atoms with Crippen LogP contribution in [0.3, 0.4) is 0 Å². The van der Waals surface area contributed by atoms with Crippen LogP contribution in [0.5, 0.6) is 0 Å². The molecule has 0 fully saturated rings. The smallest absolute Gasteiger partial charge is 0.134 e. The fourth-order valence-electron chi connectivity index (χ4n) is 2.25. The minimum absolute atomic E-state index is 0.0517. The maximum Gasteiger partial charge on any atom is 0.134 e. The number of benzene rings is 2. The van der Waals surface area contributed by atoms with Gasteiger partial charge in [-0.05, 0) is 42.8 Å². The summed E-state index contributed by atoms with van der Waals surface area (Å²) in [5.41, 5.74) is 0.901. The summed E-state index contributed by atoms with van der Waals surface area (Å²) in [4.78, 5) is 0. The lowest BCUT2D eigenvalue weighted by Gasteiger charge is -2.22. The molecule has 1 N–H and O–H groups in total. The van der Waals surface area contributed by atoms with Gasteiger partial charge in [-0.15, -0.1) is 0 Å². The Balaban J connectivity index is 2.61. The zero-order chi connectivity index (χ0) is 15.6. The van der Waals surface area contributed by atoms with Crippen molar-refractivity contribution in [2.75, 3.05) is 6.54 Å². The summed E-state index contributed by atoms with van der Waals surface area (Å²) in [5, 5.41) is 3.05. The summed E-state index contributed by atoms with van der Waals surface area (Å²) in [5.74, 6) is -1.62. The number of hydrogen-bond acceptors (Lipinski definition) is 1. The van der Waals surface area contributed by atoms with Gasteiger partial charge < -0.3 is 5.32 Å². The van der Waals surface area contributed by atoms with Crippen molar-refractivity contribution in [3.05, 3.63) is 68.9 Å². The summed E-state index contributed by atoms with van der Waals surface area (Å²) in [6.45, 7) is 3.94. The summed E-state index contributed by atoms with van der Waals surface area (Å²) in [7, 11) is 0. The normalized spacial score (nSPS) is 12.5. The van der Waals surface area contributed by atoms with Crippen LogP contribution in [0, 0.1) is 24.4 Å². The van der Waals surface area contributed by atoms with E-state index in [4.69, 9.17) is 0 Å². The van der Waals surface area contributed by atoms with E-state index in [1.165, 1.54) is 30.3 Å². The molecule has 1 nitrogen and oxygen atoms in total. The highest BCUT2D eigenvalue weighted by Crippen LogP contribution is 2.33. The number of hydrogen-bond donors (Lipinski definition) is 1. The van der Waals surface area contributed by atoms with Gasteiger partial charge in [0, 0.05) is 10.0 Å². The fraction of sp³-hybridized carbons (Fsp3) is 0.250. The zero-order valence-electron chi connectivity index (χ0n) is 11.7. The lowest BCUT2D eigenvalue weighted by atomic mass is 9.96. The van der Waals surface area contributed by atoms with Crippen LogP contribution < -0.4 is 5.32 Å². The molecule has 0 aliphatic rings. The minimum Gasteiger partial charge on any atom is -0.306 e. The number of halogens is 4. The molecule has 112 valence electrons. The van der Waals surface area contributed by atoms with Crippen LogP contribution in [0.1, 0.15) is 29.7 Å². The molecular formula is C16H15BrF3N. The lowest BCUT2D eigenvalue weighted by Crippen LogP contribution is -2.25. The summed E-state index contributed by atoms with van der Waals surface area (Å²) >= 11 is 3.26. The first kappa shape index (κ1) is 16.0. The second kappa shape index (κ2) is 6.62. The Morgan fingerprint density at radius 3 is 2.48 bits per heavy atom. The van der Waals surface area contributed by atoms with Gasteiger partial charge in [0.25, 0.3) is 0 Å². The molecule has 2 aromatic rings. The average Bonchev–Trinajstić information content (AvgIpc) is 2.43. The zero-order valence-corrected chi connectivity index (χ0v) is 13.3. The Morgan fingerprint density at radius 1 is 1.14 bits per heavy atom. The van der Waals surface area contributed by atoms with Crippen molar-refractivity contribution in [3.8, 4) is 0 Å². The minimum atomic E-state index is -0.690. The highest BCUT2D eigenvalue weighted by molar-refractivity contribution is 9.10. The van der Waals surface area contributed by atoms with Crippen LogP contribution in [0.2, 0.25) is 0 Å². The van der Waals surface area contributed by atoms with E-state index < -0.39 is 23.5 Å². The van der Waals surface area contributed by atoms with Gasteiger partial charge in [-0.1, -0.05) is 35.0 Å². The summed E-state index contributed by atoms with van der Waals surface area (Å²) in [6, 6.07) is 6.03. The largest absolute Gasteiger partial charge is 0.306 e. The van der Waals surface area contributed by atoms with E-state index >= 15 is 0 Å². The molecule has 21 heavy (non-hydrogen) atoms. The van der Waals surface area contributed by atoms with E-state index in [0.29, 0.717) is 22.1 Å². The van der Waals surface area contributed by atoms with Gasteiger partial charge in [-0.3, -0.25) is 0 Å². The SMILES string of the molecule is CCNC(c1ccc(F)cc1Br)c1c(F)ccc(C)c1F. The maximum absolute atomic E-state index is 14.4. The Kier molecular flexibility index (Phi) is 5.06. The molecule has 0 bridgehead atoms. The van der Waals surface area contributed by atoms with Gasteiger partial charge in [0.05, 0.1) is 6.04 Å². The maximum atomic E-state index is 14.4. The van der Waals surface area contributed by atoms with Crippen LogP contribution in [0.15, 0.2) is 34.8 Å². The topological polar surface area (TPSA) is 12.0 Å². The number of aryl methyl sites for hydroxylation is 1. The molecule has 0 aliphatic heterocycles. The first-order valence-corrected chi connectivity index (χ1v) is 7.37. The number of rotatable bonds is 4. The third kappa shape index (κ3) is 3.30. The lowest BCUT2D eigenvalue weighted by molar-refractivity contribution is 0.505. The predicted octanol–water partition coefficient (Wildman–Crippen LogP) is 4.87. The van der Waals surface area contributed by atoms with Crippen LogP contribution in [-0.2, 0) is 0 Å². The summed E-state index contributed by atoms with van der Waals surface area (Å²) < 4.78 is 42.2. The monoisotopic (exact) mass is 357 g/mol. The van der Waals surface area contributed by atoms with Crippen molar-refractivity contribution in [1.29, 1.82) is 0 Å². The van der Waals surface area contributed by atoms with Crippen LogP contribution in [0.4, 0.5) is 13.2 Å². The Hall–Kier alpha value is -1.33. The van der Waals surface area contributed by atoms with Crippen molar-refractivity contribution in [1.82, 2.24) is 5.32 Å². The van der Waals surface area contributed by atoms with E-state index in [2.05, 4.69) is 21.2 Å². The van der Waals surface area contributed by atoms with Crippen molar-refractivity contribution in [2.24, 2.45) is 0 Å². The van der Waals surface area contributed by atoms with Gasteiger partial charge in [-0.25, -0.2) is 13.2 Å². The van der Waals surface area contributed by atoms with Crippen molar-refractivity contribution < 1.29 is 13.2 Å².